The Hall–Kier alpha value is -2.62. The molecule has 1 N–H and O–H groups in total. The summed E-state index contributed by atoms with van der Waals surface area (Å²) in [5.41, 5.74) is 3.95. The molecule has 2 aromatic carbocycles. The van der Waals surface area contributed by atoms with Crippen LogP contribution in [0.3, 0.4) is 0 Å². The molecule has 2 aromatic rings. The molecule has 3 rings (SSSR count). The summed E-state index contributed by atoms with van der Waals surface area (Å²) in [6.07, 6.45) is 0.939. The molecular formula is C20H21NO3. The van der Waals surface area contributed by atoms with Crippen molar-refractivity contribution in [2.75, 3.05) is 13.1 Å². The molecule has 0 radical (unpaired) electrons. The van der Waals surface area contributed by atoms with Gasteiger partial charge in [-0.25, -0.2) is 4.79 Å². The third kappa shape index (κ3) is 3.18. The van der Waals surface area contributed by atoms with Gasteiger partial charge in [-0.2, -0.15) is 0 Å². The van der Waals surface area contributed by atoms with Gasteiger partial charge in [-0.3, -0.25) is 4.79 Å². The lowest BCUT2D eigenvalue weighted by Crippen LogP contribution is -2.28. The van der Waals surface area contributed by atoms with E-state index in [1.54, 1.807) is 12.1 Å². The maximum Gasteiger partial charge on any atom is 0.335 e. The van der Waals surface area contributed by atoms with E-state index in [2.05, 4.69) is 19.1 Å². The van der Waals surface area contributed by atoms with Crippen molar-refractivity contribution in [1.29, 1.82) is 0 Å². The maximum absolute atomic E-state index is 12.8. The maximum atomic E-state index is 12.8. The van der Waals surface area contributed by atoms with Gasteiger partial charge in [-0.1, -0.05) is 24.3 Å². The van der Waals surface area contributed by atoms with Crippen LogP contribution in [0.1, 0.15) is 49.7 Å². The summed E-state index contributed by atoms with van der Waals surface area (Å²) in [5, 5.41) is 9.18. The lowest BCUT2D eigenvalue weighted by molar-refractivity contribution is 0.0696. The fourth-order valence-corrected chi connectivity index (χ4v) is 3.46. The van der Waals surface area contributed by atoms with Gasteiger partial charge in [0.1, 0.15) is 0 Å². The van der Waals surface area contributed by atoms with E-state index in [1.807, 2.05) is 24.0 Å². The zero-order chi connectivity index (χ0) is 17.3. The standard InChI is InChI=1S/C20H21NO3/c1-13-9-16(11-17(10-13)20(23)24)19(22)21-8-7-15(12-21)18-6-4-3-5-14(18)2/h3-6,9-11,15H,7-8,12H2,1-2H3,(H,23,24). The lowest BCUT2D eigenvalue weighted by atomic mass is 9.94. The number of benzene rings is 2. The molecule has 0 bridgehead atoms. The summed E-state index contributed by atoms with van der Waals surface area (Å²) in [6, 6.07) is 13.1. The molecular weight excluding hydrogens is 302 g/mol. The number of carbonyl (C=O) groups excluding carboxylic acids is 1. The van der Waals surface area contributed by atoms with Gasteiger partial charge in [0, 0.05) is 24.6 Å². The van der Waals surface area contributed by atoms with Gasteiger partial charge in [0.2, 0.25) is 0 Å². The molecule has 1 fully saturated rings. The number of carbonyl (C=O) groups is 2. The minimum atomic E-state index is -1.01. The zero-order valence-corrected chi connectivity index (χ0v) is 14.0. The molecule has 1 heterocycles. The van der Waals surface area contributed by atoms with Gasteiger partial charge < -0.3 is 10.0 Å². The van der Waals surface area contributed by atoms with Crippen molar-refractivity contribution < 1.29 is 14.7 Å². The van der Waals surface area contributed by atoms with E-state index in [0.717, 1.165) is 12.0 Å². The Kier molecular flexibility index (Phi) is 4.38. The second kappa shape index (κ2) is 6.48. The zero-order valence-electron chi connectivity index (χ0n) is 14.0. The predicted octanol–water partition coefficient (Wildman–Crippen LogP) is 3.63. The molecule has 0 spiro atoms. The monoisotopic (exact) mass is 323 g/mol. The van der Waals surface area contributed by atoms with Crippen molar-refractivity contribution in [2.45, 2.75) is 26.2 Å². The van der Waals surface area contributed by atoms with E-state index in [4.69, 9.17) is 0 Å². The fourth-order valence-electron chi connectivity index (χ4n) is 3.46. The first kappa shape index (κ1) is 16.2. The SMILES string of the molecule is Cc1cc(C(=O)O)cc(C(=O)N2CCC(c3ccccc3C)C2)c1. The van der Waals surface area contributed by atoms with Crippen molar-refractivity contribution in [2.24, 2.45) is 0 Å². The van der Waals surface area contributed by atoms with E-state index in [9.17, 15) is 14.7 Å². The van der Waals surface area contributed by atoms with Crippen molar-refractivity contribution in [1.82, 2.24) is 4.90 Å². The quantitative estimate of drug-likeness (QED) is 0.938. The molecule has 1 aliphatic rings. The number of rotatable bonds is 3. The summed E-state index contributed by atoms with van der Waals surface area (Å²) < 4.78 is 0. The van der Waals surface area contributed by atoms with Crippen LogP contribution in [0.2, 0.25) is 0 Å². The van der Waals surface area contributed by atoms with Crippen LogP contribution in [0.15, 0.2) is 42.5 Å². The predicted molar refractivity (Wildman–Crippen MR) is 92.6 cm³/mol. The molecule has 24 heavy (non-hydrogen) atoms. The second-order valence-corrected chi connectivity index (χ2v) is 6.49. The molecule has 0 aromatic heterocycles. The highest BCUT2D eigenvalue weighted by molar-refractivity contribution is 5.98. The van der Waals surface area contributed by atoms with Gasteiger partial charge in [0.05, 0.1) is 5.56 Å². The van der Waals surface area contributed by atoms with Gasteiger partial charge in [0.15, 0.2) is 0 Å². The second-order valence-electron chi connectivity index (χ2n) is 6.49. The van der Waals surface area contributed by atoms with E-state index in [-0.39, 0.29) is 11.5 Å². The highest BCUT2D eigenvalue weighted by Gasteiger charge is 2.29. The normalized spacial score (nSPS) is 17.1. The van der Waals surface area contributed by atoms with Crippen molar-refractivity contribution >= 4 is 11.9 Å². The Morgan fingerprint density at radius 1 is 1.08 bits per heavy atom. The Balaban J connectivity index is 1.80. The van der Waals surface area contributed by atoms with E-state index in [0.29, 0.717) is 24.6 Å². The molecule has 0 aliphatic carbocycles. The van der Waals surface area contributed by atoms with Crippen LogP contribution in [0.4, 0.5) is 0 Å². The minimum absolute atomic E-state index is 0.0858. The topological polar surface area (TPSA) is 57.6 Å². The first-order valence-electron chi connectivity index (χ1n) is 8.15. The Morgan fingerprint density at radius 3 is 2.50 bits per heavy atom. The van der Waals surface area contributed by atoms with Crippen LogP contribution in [0, 0.1) is 13.8 Å². The van der Waals surface area contributed by atoms with Crippen LogP contribution in [0.5, 0.6) is 0 Å². The Morgan fingerprint density at radius 2 is 1.79 bits per heavy atom. The van der Waals surface area contributed by atoms with E-state index < -0.39 is 5.97 Å². The number of amides is 1. The highest BCUT2D eigenvalue weighted by Crippen LogP contribution is 2.30. The number of likely N-dealkylation sites (tertiary alicyclic amines) is 1. The number of hydrogen-bond acceptors (Lipinski definition) is 2. The molecule has 124 valence electrons. The first-order valence-corrected chi connectivity index (χ1v) is 8.15. The summed E-state index contributed by atoms with van der Waals surface area (Å²) in [4.78, 5) is 25.8. The smallest absolute Gasteiger partial charge is 0.335 e. The van der Waals surface area contributed by atoms with Crippen molar-refractivity contribution in [3.05, 3.63) is 70.3 Å². The number of nitrogens with zero attached hydrogens (tertiary/aromatic N) is 1. The molecule has 1 aliphatic heterocycles. The van der Waals surface area contributed by atoms with Crippen LogP contribution in [0.25, 0.3) is 0 Å². The van der Waals surface area contributed by atoms with Crippen LogP contribution >= 0.6 is 0 Å². The van der Waals surface area contributed by atoms with Crippen molar-refractivity contribution in [3.8, 4) is 0 Å². The third-order valence-corrected chi connectivity index (χ3v) is 4.68. The van der Waals surface area contributed by atoms with Gasteiger partial charge in [-0.05, 0) is 55.2 Å². The summed E-state index contributed by atoms with van der Waals surface area (Å²) in [6.45, 7) is 5.29. The van der Waals surface area contributed by atoms with Crippen LogP contribution in [-0.4, -0.2) is 35.0 Å². The summed E-state index contributed by atoms with van der Waals surface area (Å²) >= 11 is 0. The largest absolute Gasteiger partial charge is 0.478 e. The Labute approximate surface area is 141 Å². The number of carboxylic acids is 1. The first-order chi connectivity index (χ1) is 11.5. The molecule has 4 heteroatoms. The summed E-state index contributed by atoms with van der Waals surface area (Å²) in [5.74, 6) is -0.747. The fraction of sp³-hybridized carbons (Fsp3) is 0.300. The number of carboxylic acid groups (broad SMARTS) is 1. The van der Waals surface area contributed by atoms with Gasteiger partial charge in [-0.15, -0.1) is 0 Å². The molecule has 1 atom stereocenters. The molecule has 1 unspecified atom stereocenters. The average molecular weight is 323 g/mol. The van der Waals surface area contributed by atoms with Crippen molar-refractivity contribution in [3.63, 3.8) is 0 Å². The minimum Gasteiger partial charge on any atom is -0.478 e. The molecule has 1 amide bonds. The third-order valence-electron chi connectivity index (χ3n) is 4.68. The summed E-state index contributed by atoms with van der Waals surface area (Å²) in [7, 11) is 0. The van der Waals surface area contributed by atoms with Crippen LogP contribution in [-0.2, 0) is 0 Å². The van der Waals surface area contributed by atoms with Crippen LogP contribution < -0.4 is 0 Å². The average Bonchev–Trinajstić information content (AvgIpc) is 3.03. The number of aryl methyl sites for hydroxylation is 2. The van der Waals surface area contributed by atoms with E-state index in [1.165, 1.54) is 17.2 Å². The molecule has 4 nitrogen and oxygen atoms in total. The lowest BCUT2D eigenvalue weighted by Gasteiger charge is -2.18. The molecule has 1 saturated heterocycles. The highest BCUT2D eigenvalue weighted by atomic mass is 16.4. The van der Waals surface area contributed by atoms with Gasteiger partial charge >= 0.3 is 5.97 Å². The Bertz CT molecular complexity index is 797. The van der Waals surface area contributed by atoms with E-state index >= 15 is 0 Å². The van der Waals surface area contributed by atoms with Gasteiger partial charge in [0.25, 0.3) is 5.91 Å². The number of aromatic carboxylic acids is 1. The number of hydrogen-bond donors (Lipinski definition) is 1. The molecule has 0 saturated carbocycles.